The van der Waals surface area contributed by atoms with Gasteiger partial charge in [-0.25, -0.2) is 4.68 Å². The van der Waals surface area contributed by atoms with E-state index in [-0.39, 0.29) is 11.8 Å². The Morgan fingerprint density at radius 3 is 2.31 bits per heavy atom. The van der Waals surface area contributed by atoms with Crippen molar-refractivity contribution in [2.24, 2.45) is 5.92 Å². The van der Waals surface area contributed by atoms with Crippen molar-refractivity contribution < 1.29 is 14.3 Å². The summed E-state index contributed by atoms with van der Waals surface area (Å²) in [6, 6.07) is 11.2. The van der Waals surface area contributed by atoms with Gasteiger partial charge in [0.2, 0.25) is 5.91 Å². The number of aromatic nitrogens is 4. The monoisotopic (exact) mass is 436 g/mol. The predicted octanol–water partition coefficient (Wildman–Crippen LogP) is 3.15. The Morgan fingerprint density at radius 2 is 1.72 bits per heavy atom. The summed E-state index contributed by atoms with van der Waals surface area (Å²) in [6.45, 7) is 5.42. The molecule has 2 aromatic heterocycles. The normalized spacial score (nSPS) is 14.3. The van der Waals surface area contributed by atoms with Gasteiger partial charge in [-0.15, -0.1) is 10.2 Å². The maximum Gasteiger partial charge on any atom is 0.227 e. The first-order chi connectivity index (χ1) is 15.5. The average Bonchev–Trinajstić information content (AvgIpc) is 3.17. The Morgan fingerprint density at radius 1 is 1.00 bits per heavy atom. The summed E-state index contributed by atoms with van der Waals surface area (Å²) in [6.07, 6.45) is 1.47. The van der Waals surface area contributed by atoms with Crippen molar-refractivity contribution in [1.29, 1.82) is 0 Å². The van der Waals surface area contributed by atoms with Crippen molar-refractivity contribution in [1.82, 2.24) is 20.0 Å². The predicted molar refractivity (Wildman–Crippen MR) is 122 cm³/mol. The molecular formula is C23H28N6O3. The molecule has 3 heterocycles. The second kappa shape index (κ2) is 9.25. The van der Waals surface area contributed by atoms with Gasteiger partial charge in [-0.3, -0.25) is 4.79 Å². The highest BCUT2D eigenvalue weighted by atomic mass is 16.5. The molecule has 9 heteroatoms. The number of nitrogens with one attached hydrogen (secondary N) is 1. The van der Waals surface area contributed by atoms with E-state index in [0.717, 1.165) is 43.1 Å². The van der Waals surface area contributed by atoms with Gasteiger partial charge in [0.05, 0.1) is 25.6 Å². The van der Waals surface area contributed by atoms with Gasteiger partial charge < -0.3 is 19.7 Å². The van der Waals surface area contributed by atoms with Crippen LogP contribution in [0.25, 0.3) is 5.82 Å². The number of methoxy groups -OCH3 is 2. The van der Waals surface area contributed by atoms with Crippen LogP contribution in [-0.4, -0.2) is 53.2 Å². The van der Waals surface area contributed by atoms with Crippen molar-refractivity contribution in [3.63, 3.8) is 0 Å². The zero-order chi connectivity index (χ0) is 22.7. The van der Waals surface area contributed by atoms with E-state index in [2.05, 4.69) is 25.5 Å². The summed E-state index contributed by atoms with van der Waals surface area (Å²) >= 11 is 0. The van der Waals surface area contributed by atoms with Crippen LogP contribution in [0.4, 0.5) is 11.5 Å². The molecule has 0 atom stereocenters. The molecule has 1 N–H and O–H groups in total. The Bertz CT molecular complexity index is 1090. The van der Waals surface area contributed by atoms with E-state index in [1.165, 1.54) is 0 Å². The number of hydrogen-bond acceptors (Lipinski definition) is 7. The minimum absolute atomic E-state index is 0.0119. The summed E-state index contributed by atoms with van der Waals surface area (Å²) in [5.41, 5.74) is 2.58. The van der Waals surface area contributed by atoms with Gasteiger partial charge in [0.25, 0.3) is 0 Å². The summed E-state index contributed by atoms with van der Waals surface area (Å²) < 4.78 is 12.4. The third-order valence-electron chi connectivity index (χ3n) is 5.72. The quantitative estimate of drug-likeness (QED) is 0.634. The van der Waals surface area contributed by atoms with Crippen LogP contribution in [0, 0.1) is 19.8 Å². The third kappa shape index (κ3) is 4.51. The maximum atomic E-state index is 12.9. The van der Waals surface area contributed by atoms with Gasteiger partial charge >= 0.3 is 0 Å². The molecule has 0 unspecified atom stereocenters. The first kappa shape index (κ1) is 21.6. The van der Waals surface area contributed by atoms with Crippen molar-refractivity contribution >= 4 is 17.4 Å². The zero-order valence-electron chi connectivity index (χ0n) is 18.8. The van der Waals surface area contributed by atoms with E-state index in [1.807, 2.05) is 32.0 Å². The van der Waals surface area contributed by atoms with Crippen LogP contribution in [0.15, 0.2) is 36.4 Å². The number of benzene rings is 1. The van der Waals surface area contributed by atoms with Crippen molar-refractivity contribution in [3.05, 3.63) is 47.8 Å². The van der Waals surface area contributed by atoms with E-state index in [9.17, 15) is 4.79 Å². The highest BCUT2D eigenvalue weighted by Gasteiger charge is 2.26. The molecule has 1 aromatic carbocycles. The molecule has 32 heavy (non-hydrogen) atoms. The van der Waals surface area contributed by atoms with E-state index in [4.69, 9.17) is 9.47 Å². The van der Waals surface area contributed by atoms with Gasteiger partial charge in [-0.2, -0.15) is 5.10 Å². The zero-order valence-corrected chi connectivity index (χ0v) is 18.8. The third-order valence-corrected chi connectivity index (χ3v) is 5.72. The molecule has 0 aliphatic carbocycles. The highest BCUT2D eigenvalue weighted by molar-refractivity contribution is 5.94. The van der Waals surface area contributed by atoms with Crippen molar-refractivity contribution in [2.45, 2.75) is 26.7 Å². The first-order valence-corrected chi connectivity index (χ1v) is 10.6. The van der Waals surface area contributed by atoms with Crippen LogP contribution < -0.4 is 19.7 Å². The molecule has 1 aliphatic heterocycles. The number of rotatable bonds is 6. The van der Waals surface area contributed by atoms with Crippen molar-refractivity contribution in [2.75, 3.05) is 37.5 Å². The van der Waals surface area contributed by atoms with Crippen LogP contribution in [0.5, 0.6) is 11.5 Å². The van der Waals surface area contributed by atoms with Crippen LogP contribution in [0.3, 0.4) is 0 Å². The number of aryl methyl sites for hydroxylation is 2. The molecule has 4 rings (SSSR count). The summed E-state index contributed by atoms with van der Waals surface area (Å²) in [7, 11) is 3.17. The Labute approximate surface area is 187 Å². The molecule has 1 amide bonds. The van der Waals surface area contributed by atoms with E-state index in [0.29, 0.717) is 23.0 Å². The standard InChI is InChI=1S/C23H28N6O3/c1-15-13-16(2)29(27-15)22-8-7-21(25-26-22)28-11-9-17(10-12-28)23(30)24-19-14-18(31-3)5-6-20(19)32-4/h5-8,13-14,17H,9-12H2,1-4H3,(H,24,30). The fourth-order valence-corrected chi connectivity index (χ4v) is 3.98. The minimum Gasteiger partial charge on any atom is -0.497 e. The van der Waals surface area contributed by atoms with Crippen LogP contribution in [0.2, 0.25) is 0 Å². The van der Waals surface area contributed by atoms with Crippen LogP contribution in [-0.2, 0) is 4.79 Å². The van der Waals surface area contributed by atoms with Crippen LogP contribution in [0.1, 0.15) is 24.2 Å². The molecule has 0 radical (unpaired) electrons. The smallest absolute Gasteiger partial charge is 0.227 e. The molecule has 1 aliphatic rings. The molecular weight excluding hydrogens is 408 g/mol. The highest BCUT2D eigenvalue weighted by Crippen LogP contribution is 2.30. The van der Waals surface area contributed by atoms with Crippen LogP contribution >= 0.6 is 0 Å². The van der Waals surface area contributed by atoms with E-state index in [1.54, 1.807) is 37.1 Å². The van der Waals surface area contributed by atoms with Crippen molar-refractivity contribution in [3.8, 4) is 17.3 Å². The first-order valence-electron chi connectivity index (χ1n) is 10.6. The molecule has 1 saturated heterocycles. The Kier molecular flexibility index (Phi) is 6.25. The molecule has 168 valence electrons. The average molecular weight is 437 g/mol. The number of carbonyl (C=O) groups is 1. The summed E-state index contributed by atoms with van der Waals surface area (Å²) in [5, 5.41) is 16.2. The fourth-order valence-electron chi connectivity index (χ4n) is 3.98. The number of ether oxygens (including phenoxy) is 2. The number of hydrogen-bond donors (Lipinski definition) is 1. The molecule has 0 spiro atoms. The minimum atomic E-state index is -0.0795. The number of anilines is 2. The molecule has 9 nitrogen and oxygen atoms in total. The summed E-state index contributed by atoms with van der Waals surface area (Å²) in [5.74, 6) is 2.68. The molecule has 0 bridgehead atoms. The lowest BCUT2D eigenvalue weighted by Gasteiger charge is -2.32. The topological polar surface area (TPSA) is 94.4 Å². The largest absolute Gasteiger partial charge is 0.497 e. The molecule has 3 aromatic rings. The second-order valence-corrected chi connectivity index (χ2v) is 7.91. The lowest BCUT2D eigenvalue weighted by molar-refractivity contribution is -0.120. The van der Waals surface area contributed by atoms with E-state index >= 15 is 0 Å². The van der Waals surface area contributed by atoms with Gasteiger partial charge in [0, 0.05) is 30.8 Å². The lowest BCUT2D eigenvalue weighted by Crippen LogP contribution is -2.38. The summed E-state index contributed by atoms with van der Waals surface area (Å²) in [4.78, 5) is 15.0. The molecule has 1 fully saturated rings. The van der Waals surface area contributed by atoms with E-state index < -0.39 is 0 Å². The SMILES string of the molecule is COc1ccc(OC)c(NC(=O)C2CCN(c3ccc(-n4nc(C)cc4C)nn3)CC2)c1. The second-order valence-electron chi connectivity index (χ2n) is 7.91. The molecule has 0 saturated carbocycles. The number of amides is 1. The Hall–Kier alpha value is -3.62. The number of piperidine rings is 1. The number of nitrogens with zero attached hydrogens (tertiary/aromatic N) is 5. The van der Waals surface area contributed by atoms with Gasteiger partial charge in [0.1, 0.15) is 11.5 Å². The van der Waals surface area contributed by atoms with Gasteiger partial charge in [-0.05, 0) is 57.0 Å². The number of carbonyl (C=O) groups excluding carboxylic acids is 1. The fraction of sp³-hybridized carbons (Fsp3) is 0.391. The Balaban J connectivity index is 1.37. The lowest BCUT2D eigenvalue weighted by atomic mass is 9.95. The van der Waals surface area contributed by atoms with Gasteiger partial charge in [0.15, 0.2) is 11.6 Å². The van der Waals surface area contributed by atoms with Gasteiger partial charge in [-0.1, -0.05) is 0 Å². The maximum absolute atomic E-state index is 12.9.